The van der Waals surface area contributed by atoms with E-state index in [1.165, 1.54) is 24.1 Å². The van der Waals surface area contributed by atoms with Crippen LogP contribution in [0.3, 0.4) is 0 Å². The molecule has 0 aliphatic heterocycles. The molecule has 12 heteroatoms. The lowest BCUT2D eigenvalue weighted by atomic mass is 10.1. The normalized spacial score (nSPS) is 11.0. The van der Waals surface area contributed by atoms with Gasteiger partial charge in [-0.1, -0.05) is 35.3 Å². The Morgan fingerprint density at radius 3 is 2.48 bits per heavy atom. The number of hydrogen-bond donors (Lipinski definition) is 2. The van der Waals surface area contributed by atoms with Crippen LogP contribution in [0.15, 0.2) is 60.8 Å². The summed E-state index contributed by atoms with van der Waals surface area (Å²) < 4.78 is 6.18. The van der Waals surface area contributed by atoms with Gasteiger partial charge in [-0.15, -0.1) is 0 Å². The number of nitrogens with zero attached hydrogens (tertiary/aromatic N) is 4. The maximum absolute atomic E-state index is 12.9. The molecule has 2 aromatic carbocycles. The van der Waals surface area contributed by atoms with Crippen molar-refractivity contribution in [2.24, 2.45) is 0 Å². The number of rotatable bonds is 10. The predicted molar refractivity (Wildman–Crippen MR) is 176 cm³/mol. The van der Waals surface area contributed by atoms with Crippen LogP contribution in [0.1, 0.15) is 23.7 Å². The van der Waals surface area contributed by atoms with Crippen LogP contribution in [0.25, 0.3) is 17.0 Å². The van der Waals surface area contributed by atoms with Gasteiger partial charge in [-0.25, -0.2) is 9.97 Å². The summed E-state index contributed by atoms with van der Waals surface area (Å²) in [6.07, 6.45) is 4.35. The number of benzene rings is 2. The smallest absolute Gasteiger partial charge is 0.246 e. The van der Waals surface area contributed by atoms with Gasteiger partial charge in [-0.3, -0.25) is 14.4 Å². The number of amides is 3. The first kappa shape index (κ1) is 32.2. The van der Waals surface area contributed by atoms with Crippen LogP contribution >= 0.6 is 23.2 Å². The highest BCUT2D eigenvalue weighted by atomic mass is 35.5. The van der Waals surface area contributed by atoms with Crippen molar-refractivity contribution < 1.29 is 19.1 Å². The topological polar surface area (TPSA) is 117 Å². The van der Waals surface area contributed by atoms with Gasteiger partial charge in [0.2, 0.25) is 17.7 Å². The molecule has 4 aromatic rings. The molecule has 4 rings (SSSR count). The van der Waals surface area contributed by atoms with E-state index < -0.39 is 11.8 Å². The second-order valence-electron chi connectivity index (χ2n) is 10.1. The number of hydrogen-bond acceptors (Lipinski definition) is 7. The fraction of sp³-hybridized carbons (Fsp3) is 0.219. The van der Waals surface area contributed by atoms with E-state index in [4.69, 9.17) is 32.9 Å². The molecule has 0 saturated heterocycles. The molecule has 2 N–H and O–H groups in total. The fourth-order valence-electron chi connectivity index (χ4n) is 4.35. The monoisotopic (exact) mass is 634 g/mol. The van der Waals surface area contributed by atoms with Crippen molar-refractivity contribution in [2.75, 3.05) is 42.8 Å². The van der Waals surface area contributed by atoms with E-state index in [-0.39, 0.29) is 24.1 Å². The number of carbonyl (C=O) groups is 3. The molecular weight excluding hydrogens is 603 g/mol. The van der Waals surface area contributed by atoms with Crippen molar-refractivity contribution in [2.45, 2.75) is 20.5 Å². The van der Waals surface area contributed by atoms with Crippen molar-refractivity contribution in [1.29, 1.82) is 0 Å². The van der Waals surface area contributed by atoms with Crippen molar-refractivity contribution in [3.05, 3.63) is 87.7 Å². The number of fused-ring (bicyclic) bond motifs is 1. The zero-order valence-electron chi connectivity index (χ0n) is 24.9. The van der Waals surface area contributed by atoms with Gasteiger partial charge in [0.15, 0.2) is 0 Å². The van der Waals surface area contributed by atoms with Gasteiger partial charge in [0, 0.05) is 67.7 Å². The summed E-state index contributed by atoms with van der Waals surface area (Å²) in [5.74, 6) is -0.111. The van der Waals surface area contributed by atoms with Gasteiger partial charge < -0.3 is 25.2 Å². The number of halogens is 2. The Kier molecular flexibility index (Phi) is 10.4. The van der Waals surface area contributed by atoms with Crippen LogP contribution in [0.4, 0.5) is 17.2 Å². The lowest BCUT2D eigenvalue weighted by Gasteiger charge is -2.21. The molecule has 228 valence electrons. The van der Waals surface area contributed by atoms with Gasteiger partial charge >= 0.3 is 0 Å². The van der Waals surface area contributed by atoms with Crippen LogP contribution in [0.2, 0.25) is 10.0 Å². The second kappa shape index (κ2) is 14.2. The number of carbonyl (C=O) groups excluding carboxylic acids is 3. The first-order valence-corrected chi connectivity index (χ1v) is 14.3. The summed E-state index contributed by atoms with van der Waals surface area (Å²) in [4.78, 5) is 48.6. The van der Waals surface area contributed by atoms with Crippen LogP contribution in [-0.4, -0.2) is 55.4 Å². The molecule has 3 amide bonds. The molecule has 44 heavy (non-hydrogen) atoms. The van der Waals surface area contributed by atoms with Crippen molar-refractivity contribution in [1.82, 2.24) is 15.3 Å². The first-order valence-electron chi connectivity index (χ1n) is 13.6. The van der Waals surface area contributed by atoms with E-state index in [9.17, 15) is 14.4 Å². The lowest BCUT2D eigenvalue weighted by Crippen LogP contribution is -2.37. The van der Waals surface area contributed by atoms with Gasteiger partial charge in [0.05, 0.1) is 17.3 Å². The molecule has 0 fully saturated rings. The number of pyridine rings is 2. The summed E-state index contributed by atoms with van der Waals surface area (Å²) in [6, 6.07) is 14.3. The first-order chi connectivity index (χ1) is 20.9. The summed E-state index contributed by atoms with van der Waals surface area (Å²) in [5, 5.41) is 6.73. The fourth-order valence-corrected chi connectivity index (χ4v) is 4.95. The minimum absolute atomic E-state index is 0.0434. The summed E-state index contributed by atoms with van der Waals surface area (Å²) >= 11 is 13.2. The van der Waals surface area contributed by atoms with Crippen LogP contribution in [0, 0.1) is 6.92 Å². The molecule has 0 spiro atoms. The average Bonchev–Trinajstić information content (AvgIpc) is 2.98. The van der Waals surface area contributed by atoms with E-state index in [0.29, 0.717) is 33.4 Å². The number of aryl methyl sites for hydroxylation is 1. The quantitative estimate of drug-likeness (QED) is 0.217. The molecule has 0 radical (unpaired) electrons. The van der Waals surface area contributed by atoms with E-state index >= 15 is 0 Å². The number of aromatic nitrogens is 2. The Bertz CT molecular complexity index is 1740. The van der Waals surface area contributed by atoms with Gasteiger partial charge in [0.1, 0.15) is 23.7 Å². The summed E-state index contributed by atoms with van der Waals surface area (Å²) in [6.45, 7) is 3.10. The average molecular weight is 636 g/mol. The van der Waals surface area contributed by atoms with E-state index in [0.717, 1.165) is 22.3 Å². The minimum atomic E-state index is -0.467. The number of anilines is 3. The highest BCUT2D eigenvalue weighted by molar-refractivity contribution is 6.38. The van der Waals surface area contributed by atoms with Crippen molar-refractivity contribution in [3.8, 4) is 5.75 Å². The molecule has 0 atom stereocenters. The molecule has 0 aliphatic rings. The lowest BCUT2D eigenvalue weighted by molar-refractivity contribution is -0.122. The SMILES string of the molecule is CC(=O)Nc1ccc(C=CC(=O)NCC(=O)N(C)c2ccc(Cl)c(COc3cccc4c(N(C)C)cc(C)nc34)c2Cl)cn1. The van der Waals surface area contributed by atoms with Crippen LogP contribution < -0.4 is 25.2 Å². The molecule has 0 bridgehead atoms. The standard InChI is InChI=1S/C32H32Cl2N6O4/c1-19-15-26(39(3)4)22-7-6-8-27(32(22)37-19)44-18-23-24(33)11-12-25(31(23)34)40(5)30(43)17-36-29(42)14-10-21-9-13-28(35-16-21)38-20(2)41/h6-16H,17-18H2,1-5H3,(H,36,42)(H,35,38,41). The van der Waals surface area contributed by atoms with E-state index in [1.54, 1.807) is 37.4 Å². The zero-order valence-corrected chi connectivity index (χ0v) is 26.5. The number of nitrogens with one attached hydrogen (secondary N) is 2. The highest BCUT2D eigenvalue weighted by Gasteiger charge is 2.20. The third-order valence-corrected chi connectivity index (χ3v) is 7.37. The maximum atomic E-state index is 12.9. The molecule has 0 saturated carbocycles. The summed E-state index contributed by atoms with van der Waals surface area (Å²) in [7, 11) is 5.51. The molecular formula is C32H32Cl2N6O4. The third-order valence-electron chi connectivity index (χ3n) is 6.60. The Morgan fingerprint density at radius 1 is 1.02 bits per heavy atom. The van der Waals surface area contributed by atoms with Crippen molar-refractivity contribution in [3.63, 3.8) is 0 Å². The van der Waals surface area contributed by atoms with Crippen LogP contribution in [0.5, 0.6) is 5.75 Å². The Hall–Kier alpha value is -4.67. The zero-order chi connectivity index (χ0) is 32.0. The highest BCUT2D eigenvalue weighted by Crippen LogP contribution is 2.36. The van der Waals surface area contributed by atoms with Gasteiger partial charge in [-0.05, 0) is 55.0 Å². The van der Waals surface area contributed by atoms with Crippen LogP contribution in [-0.2, 0) is 21.0 Å². The molecule has 2 heterocycles. The maximum Gasteiger partial charge on any atom is 0.246 e. The predicted octanol–water partition coefficient (Wildman–Crippen LogP) is 5.64. The van der Waals surface area contributed by atoms with Crippen molar-refractivity contribution >= 4 is 75.1 Å². The Balaban J connectivity index is 1.42. The Labute approximate surface area is 265 Å². The largest absolute Gasteiger partial charge is 0.487 e. The van der Waals surface area contributed by atoms with Gasteiger partial charge in [0.25, 0.3) is 0 Å². The molecule has 10 nitrogen and oxygen atoms in total. The molecule has 2 aromatic heterocycles. The van der Waals surface area contributed by atoms with E-state index in [2.05, 4.69) is 15.6 Å². The molecule has 0 aliphatic carbocycles. The minimum Gasteiger partial charge on any atom is -0.487 e. The number of ether oxygens (including phenoxy) is 1. The number of para-hydroxylation sites is 1. The second-order valence-corrected chi connectivity index (χ2v) is 10.9. The van der Waals surface area contributed by atoms with Gasteiger partial charge in [-0.2, -0.15) is 0 Å². The summed E-state index contributed by atoms with van der Waals surface area (Å²) in [5.41, 5.74) is 4.16. The third kappa shape index (κ3) is 7.83. The molecule has 0 unspecified atom stereocenters. The van der Waals surface area contributed by atoms with E-state index in [1.807, 2.05) is 50.2 Å². The number of likely N-dealkylation sites (N-methyl/N-ethyl adjacent to an activating group) is 1. The Morgan fingerprint density at radius 2 is 1.80 bits per heavy atom.